The lowest BCUT2D eigenvalue weighted by Gasteiger charge is -2.09. The molecule has 0 heterocycles. The number of halogens is 6. The smallest absolute Gasteiger partial charge is 0.212 e. The first kappa shape index (κ1) is 14.1. The van der Waals surface area contributed by atoms with Gasteiger partial charge < -0.3 is 0 Å². The first-order valence-corrected chi connectivity index (χ1v) is 4.55. The van der Waals surface area contributed by atoms with Crippen molar-refractivity contribution in [2.75, 3.05) is 0 Å². The van der Waals surface area contributed by atoms with Crippen molar-refractivity contribution >= 4 is 18.0 Å². The van der Waals surface area contributed by atoms with E-state index in [2.05, 4.69) is 6.58 Å². The summed E-state index contributed by atoms with van der Waals surface area (Å²) in [6.45, 7) is 3.20. The minimum atomic E-state index is -2.27. The quantitative estimate of drug-likeness (QED) is 0.667. The van der Waals surface area contributed by atoms with E-state index in [1.54, 1.807) is 0 Å². The van der Waals surface area contributed by atoms with Crippen LogP contribution in [0.2, 0.25) is 0 Å². The first-order valence-electron chi connectivity index (χ1n) is 4.55. The molecular formula is C12H6F6. The molecule has 0 aliphatic heterocycles. The van der Waals surface area contributed by atoms with Gasteiger partial charge in [0.15, 0.2) is 17.5 Å². The Morgan fingerprint density at radius 1 is 1.17 bits per heavy atom. The third-order valence-electron chi connectivity index (χ3n) is 2.10. The summed E-state index contributed by atoms with van der Waals surface area (Å²) in [5.74, 6) is -5.03. The minimum Gasteiger partial charge on any atom is -0.212 e. The molecule has 0 saturated heterocycles. The van der Waals surface area contributed by atoms with Crippen molar-refractivity contribution in [2.24, 2.45) is 0 Å². The van der Waals surface area contributed by atoms with Gasteiger partial charge in [0, 0.05) is 11.6 Å². The molecule has 0 aliphatic rings. The van der Waals surface area contributed by atoms with Gasteiger partial charge >= 0.3 is 0 Å². The second-order valence-corrected chi connectivity index (χ2v) is 3.15. The summed E-state index contributed by atoms with van der Waals surface area (Å²) >= 11 is 0. The van der Waals surface area contributed by atoms with Gasteiger partial charge in [0.05, 0.1) is 5.56 Å². The average molecular weight is 264 g/mol. The second-order valence-electron chi connectivity index (χ2n) is 3.15. The van der Waals surface area contributed by atoms with E-state index >= 15 is 0 Å². The van der Waals surface area contributed by atoms with Gasteiger partial charge in [0.2, 0.25) is 0 Å². The van der Waals surface area contributed by atoms with Crippen LogP contribution in [0.4, 0.5) is 26.3 Å². The van der Waals surface area contributed by atoms with Crippen LogP contribution in [0.5, 0.6) is 0 Å². The summed E-state index contributed by atoms with van der Waals surface area (Å²) < 4.78 is 76.0. The summed E-state index contributed by atoms with van der Waals surface area (Å²) in [7, 11) is 0. The van der Waals surface area contributed by atoms with E-state index in [4.69, 9.17) is 0 Å². The molecule has 0 amide bonds. The monoisotopic (exact) mass is 264 g/mol. The third-order valence-corrected chi connectivity index (χ3v) is 2.10. The highest BCUT2D eigenvalue weighted by molar-refractivity contribution is 5.77. The van der Waals surface area contributed by atoms with Gasteiger partial charge in [-0.2, -0.15) is 8.78 Å². The number of rotatable bonds is 3. The Bertz CT molecular complexity index is 538. The van der Waals surface area contributed by atoms with Crippen molar-refractivity contribution in [1.29, 1.82) is 0 Å². The molecule has 0 saturated carbocycles. The Labute approximate surface area is 98.5 Å². The molecule has 0 nitrogen and oxygen atoms in total. The van der Waals surface area contributed by atoms with Crippen LogP contribution in [-0.4, -0.2) is 0 Å². The molecule has 96 valence electrons. The summed E-state index contributed by atoms with van der Waals surface area (Å²) in [4.78, 5) is 0. The maximum absolute atomic E-state index is 13.3. The fraction of sp³-hybridized carbons (Fsp3) is 0. The van der Waals surface area contributed by atoms with Crippen LogP contribution in [0, 0.1) is 11.6 Å². The van der Waals surface area contributed by atoms with Crippen LogP contribution in [0.1, 0.15) is 16.7 Å². The fourth-order valence-electron chi connectivity index (χ4n) is 1.38. The molecule has 0 aliphatic carbocycles. The summed E-state index contributed by atoms with van der Waals surface area (Å²) in [6, 6.07) is 0.562. The summed E-state index contributed by atoms with van der Waals surface area (Å²) in [5.41, 5.74) is -2.18. The maximum atomic E-state index is 13.3. The Morgan fingerprint density at radius 3 is 2.22 bits per heavy atom. The van der Waals surface area contributed by atoms with Crippen molar-refractivity contribution in [3.8, 4) is 0 Å². The van der Waals surface area contributed by atoms with E-state index in [0.29, 0.717) is 6.07 Å². The molecule has 0 N–H and O–H groups in total. The predicted octanol–water partition coefficient (Wildman–Crippen LogP) is 5.08. The first-order chi connectivity index (χ1) is 8.42. The zero-order chi connectivity index (χ0) is 13.9. The lowest BCUT2D eigenvalue weighted by atomic mass is 9.99. The van der Waals surface area contributed by atoms with Gasteiger partial charge in [-0.1, -0.05) is 12.7 Å². The van der Waals surface area contributed by atoms with E-state index in [-0.39, 0.29) is 11.6 Å². The van der Waals surface area contributed by atoms with Crippen LogP contribution >= 0.6 is 0 Å². The Hall–Kier alpha value is -1.98. The molecule has 0 aromatic heterocycles. The molecule has 1 aromatic rings. The molecule has 18 heavy (non-hydrogen) atoms. The van der Waals surface area contributed by atoms with Gasteiger partial charge in [-0.05, 0) is 11.6 Å². The summed E-state index contributed by atoms with van der Waals surface area (Å²) in [5, 5.41) is 0. The molecule has 1 rings (SSSR count). The largest absolute Gasteiger partial charge is 0.270 e. The molecule has 6 heteroatoms. The van der Waals surface area contributed by atoms with Gasteiger partial charge in [0.1, 0.15) is 6.33 Å². The van der Waals surface area contributed by atoms with E-state index < -0.39 is 41.0 Å². The van der Waals surface area contributed by atoms with Gasteiger partial charge in [0.25, 0.3) is 6.08 Å². The maximum Gasteiger partial charge on any atom is 0.270 e. The normalized spacial score (nSPS) is 11.3. The van der Waals surface area contributed by atoms with Gasteiger partial charge in [-0.3, -0.25) is 0 Å². The molecule has 0 bridgehead atoms. The van der Waals surface area contributed by atoms with Crippen LogP contribution in [0.25, 0.3) is 18.0 Å². The highest BCUT2D eigenvalue weighted by Crippen LogP contribution is 2.31. The van der Waals surface area contributed by atoms with E-state index in [1.165, 1.54) is 0 Å². The van der Waals surface area contributed by atoms with Gasteiger partial charge in [-0.15, -0.1) is 0 Å². The highest BCUT2D eigenvalue weighted by atomic mass is 19.3. The Morgan fingerprint density at radius 2 is 1.78 bits per heavy atom. The predicted molar refractivity (Wildman–Crippen MR) is 56.8 cm³/mol. The standard InChI is InChI=1S/C12H6F6/c1-2-6-3-8(14)12(18)11(9(15)5-13)7(6)4-10(16)17/h2-5H,1H2. The zero-order valence-electron chi connectivity index (χ0n) is 8.78. The highest BCUT2D eigenvalue weighted by Gasteiger charge is 2.20. The van der Waals surface area contributed by atoms with Crippen molar-refractivity contribution < 1.29 is 26.3 Å². The van der Waals surface area contributed by atoms with Crippen molar-refractivity contribution in [3.63, 3.8) is 0 Å². The zero-order valence-corrected chi connectivity index (χ0v) is 8.78. The fourth-order valence-corrected chi connectivity index (χ4v) is 1.38. The van der Waals surface area contributed by atoms with Crippen LogP contribution in [0.15, 0.2) is 25.1 Å². The van der Waals surface area contributed by atoms with E-state index in [0.717, 1.165) is 6.08 Å². The van der Waals surface area contributed by atoms with Crippen molar-refractivity contribution in [2.45, 2.75) is 0 Å². The molecular weight excluding hydrogens is 258 g/mol. The lowest BCUT2D eigenvalue weighted by Crippen LogP contribution is -1.99. The molecule has 0 unspecified atom stereocenters. The SMILES string of the molecule is C=Cc1cc(F)c(F)c(C(F)=CF)c1C=C(F)F. The minimum absolute atomic E-state index is 0.109. The molecule has 0 spiro atoms. The van der Waals surface area contributed by atoms with Crippen LogP contribution in [0.3, 0.4) is 0 Å². The van der Waals surface area contributed by atoms with Crippen LogP contribution in [-0.2, 0) is 0 Å². The Kier molecular flexibility index (Phi) is 4.36. The molecule has 0 radical (unpaired) electrons. The van der Waals surface area contributed by atoms with Crippen molar-refractivity contribution in [1.82, 2.24) is 0 Å². The summed E-state index contributed by atoms with van der Waals surface area (Å²) in [6.07, 6.45) is -1.88. The van der Waals surface area contributed by atoms with Gasteiger partial charge in [-0.25, -0.2) is 17.6 Å². The lowest BCUT2D eigenvalue weighted by molar-refractivity contribution is 0.429. The topological polar surface area (TPSA) is 0 Å². The molecule has 0 atom stereocenters. The third kappa shape index (κ3) is 2.64. The van der Waals surface area contributed by atoms with E-state index in [9.17, 15) is 26.3 Å². The Balaban J connectivity index is 3.78. The second kappa shape index (κ2) is 5.57. The number of benzene rings is 1. The number of hydrogen-bond donors (Lipinski definition) is 0. The van der Waals surface area contributed by atoms with Crippen molar-refractivity contribution in [3.05, 3.63) is 53.4 Å². The molecule has 1 aromatic carbocycles. The van der Waals surface area contributed by atoms with E-state index in [1.807, 2.05) is 0 Å². The number of hydrogen-bond acceptors (Lipinski definition) is 0. The van der Waals surface area contributed by atoms with Crippen LogP contribution < -0.4 is 0 Å². The molecule has 0 fully saturated rings. The average Bonchev–Trinajstić information content (AvgIpc) is 2.32.